The maximum absolute atomic E-state index is 9.03. The van der Waals surface area contributed by atoms with E-state index in [1.165, 1.54) is 10.8 Å². The first kappa shape index (κ1) is 14.7. The average Bonchev–Trinajstić information content (AvgIpc) is 3.23. The van der Waals surface area contributed by atoms with Crippen molar-refractivity contribution in [3.05, 3.63) is 66.7 Å². The first-order chi connectivity index (χ1) is 13.3. The van der Waals surface area contributed by atoms with E-state index < -0.39 is 0 Å². The van der Waals surface area contributed by atoms with Gasteiger partial charge in [0.25, 0.3) is 0 Å². The van der Waals surface area contributed by atoms with Gasteiger partial charge in [-0.25, -0.2) is 0 Å². The predicted molar refractivity (Wildman–Crippen MR) is 108 cm³/mol. The molecule has 0 amide bonds. The SMILES string of the molecule is OBOc1ccc2oc3cc4oc5ccc6ccccc6c5c4cc3c2c1. The fourth-order valence-corrected chi connectivity index (χ4v) is 3.96. The summed E-state index contributed by atoms with van der Waals surface area (Å²) in [6.45, 7) is 0. The van der Waals surface area contributed by atoms with Gasteiger partial charge in [-0.3, -0.25) is 0 Å². The van der Waals surface area contributed by atoms with E-state index >= 15 is 0 Å². The van der Waals surface area contributed by atoms with Crippen molar-refractivity contribution in [2.75, 3.05) is 0 Å². The van der Waals surface area contributed by atoms with Crippen LogP contribution in [-0.2, 0) is 0 Å². The zero-order chi connectivity index (χ0) is 18.0. The monoisotopic (exact) mass is 352 g/mol. The summed E-state index contributed by atoms with van der Waals surface area (Å²) in [6.07, 6.45) is 0. The Bertz CT molecular complexity index is 1490. The smallest absolute Gasteiger partial charge is 0.504 e. The molecule has 5 heteroatoms. The van der Waals surface area contributed by atoms with Crippen LogP contribution in [0.4, 0.5) is 0 Å². The van der Waals surface area contributed by atoms with Crippen LogP contribution in [0, 0.1) is 0 Å². The molecule has 2 aromatic heterocycles. The molecule has 0 atom stereocenters. The van der Waals surface area contributed by atoms with Gasteiger partial charge in [-0.05, 0) is 41.1 Å². The Morgan fingerprint density at radius 3 is 2.37 bits per heavy atom. The van der Waals surface area contributed by atoms with Gasteiger partial charge >= 0.3 is 7.69 Å². The van der Waals surface area contributed by atoms with Gasteiger partial charge in [-0.2, -0.15) is 0 Å². The van der Waals surface area contributed by atoms with E-state index in [0.29, 0.717) is 5.75 Å². The van der Waals surface area contributed by atoms with Crippen LogP contribution in [0.15, 0.2) is 75.6 Å². The number of hydrogen-bond donors (Lipinski definition) is 1. The molecule has 0 spiro atoms. The summed E-state index contributed by atoms with van der Waals surface area (Å²) in [5.74, 6) is 0.607. The molecule has 0 bridgehead atoms. The predicted octanol–water partition coefficient (Wildman–Crippen LogP) is 5.28. The lowest BCUT2D eigenvalue weighted by atomic mass is 10.0. The third kappa shape index (κ3) is 2.03. The fourth-order valence-electron chi connectivity index (χ4n) is 3.96. The van der Waals surface area contributed by atoms with Crippen molar-refractivity contribution in [3.8, 4) is 5.75 Å². The standard InChI is InChI=1S/C22H13BO4/c24-23-27-13-6-8-18-15(9-13)16-10-17-21(11-20(16)25-18)26-19-7-5-12-3-1-2-4-14(12)22(17)19/h1-11,23-24H. The van der Waals surface area contributed by atoms with Crippen molar-refractivity contribution in [1.82, 2.24) is 0 Å². The number of fused-ring (bicyclic) bond motifs is 8. The van der Waals surface area contributed by atoms with Crippen LogP contribution in [0.25, 0.3) is 54.6 Å². The van der Waals surface area contributed by atoms with Crippen molar-refractivity contribution >= 4 is 62.3 Å². The van der Waals surface area contributed by atoms with Gasteiger partial charge in [0, 0.05) is 27.6 Å². The molecule has 0 unspecified atom stereocenters. The summed E-state index contributed by atoms with van der Waals surface area (Å²) >= 11 is 0. The van der Waals surface area contributed by atoms with Crippen molar-refractivity contribution in [3.63, 3.8) is 0 Å². The average molecular weight is 352 g/mol. The zero-order valence-corrected chi connectivity index (χ0v) is 14.2. The van der Waals surface area contributed by atoms with Crippen molar-refractivity contribution < 1.29 is 18.5 Å². The zero-order valence-electron chi connectivity index (χ0n) is 14.2. The Morgan fingerprint density at radius 1 is 0.667 bits per heavy atom. The molecule has 0 aliphatic rings. The van der Waals surface area contributed by atoms with E-state index in [9.17, 15) is 0 Å². The number of benzene rings is 4. The quantitative estimate of drug-likeness (QED) is 0.431. The molecular formula is C22H13BO4. The van der Waals surface area contributed by atoms with Crippen molar-refractivity contribution in [1.29, 1.82) is 0 Å². The van der Waals surface area contributed by atoms with Crippen molar-refractivity contribution in [2.24, 2.45) is 0 Å². The van der Waals surface area contributed by atoms with Crippen LogP contribution in [0.5, 0.6) is 5.75 Å². The lowest BCUT2D eigenvalue weighted by Crippen LogP contribution is -1.98. The Hall–Kier alpha value is -3.44. The normalized spacial score (nSPS) is 11.9. The molecule has 1 N–H and O–H groups in total. The first-order valence-electron chi connectivity index (χ1n) is 8.76. The Morgan fingerprint density at radius 2 is 1.44 bits per heavy atom. The maximum Gasteiger partial charge on any atom is 0.504 e. The van der Waals surface area contributed by atoms with E-state index in [0.717, 1.165) is 43.9 Å². The molecule has 6 rings (SSSR count). The summed E-state index contributed by atoms with van der Waals surface area (Å²) in [6, 6.07) is 22.0. The van der Waals surface area contributed by atoms with Crippen LogP contribution in [-0.4, -0.2) is 12.7 Å². The summed E-state index contributed by atoms with van der Waals surface area (Å²) in [4.78, 5) is 0. The van der Waals surface area contributed by atoms with Gasteiger partial charge in [-0.1, -0.05) is 30.3 Å². The van der Waals surface area contributed by atoms with E-state index in [1.807, 2.05) is 36.4 Å². The molecule has 0 saturated heterocycles. The Balaban J connectivity index is 1.76. The number of hydrogen-bond acceptors (Lipinski definition) is 4. The Labute approximate surface area is 153 Å². The van der Waals surface area contributed by atoms with Crippen LogP contribution >= 0.6 is 0 Å². The second-order valence-corrected chi connectivity index (χ2v) is 6.64. The van der Waals surface area contributed by atoms with Crippen LogP contribution in [0.3, 0.4) is 0 Å². The minimum absolute atomic E-state index is 0.357. The highest BCUT2D eigenvalue weighted by Crippen LogP contribution is 2.39. The summed E-state index contributed by atoms with van der Waals surface area (Å²) < 4.78 is 17.3. The van der Waals surface area contributed by atoms with E-state index in [-0.39, 0.29) is 7.69 Å². The second-order valence-electron chi connectivity index (χ2n) is 6.64. The first-order valence-corrected chi connectivity index (χ1v) is 8.76. The highest BCUT2D eigenvalue weighted by Gasteiger charge is 2.15. The molecule has 0 saturated carbocycles. The molecule has 2 heterocycles. The van der Waals surface area contributed by atoms with E-state index in [1.54, 1.807) is 6.07 Å². The van der Waals surface area contributed by atoms with E-state index in [2.05, 4.69) is 24.3 Å². The molecule has 0 aliphatic heterocycles. The summed E-state index contributed by atoms with van der Waals surface area (Å²) in [5.41, 5.74) is 3.21. The van der Waals surface area contributed by atoms with Gasteiger partial charge in [0.2, 0.25) is 0 Å². The molecule has 27 heavy (non-hydrogen) atoms. The molecular weight excluding hydrogens is 339 g/mol. The molecule has 128 valence electrons. The minimum atomic E-state index is -0.357. The van der Waals surface area contributed by atoms with Crippen molar-refractivity contribution in [2.45, 2.75) is 0 Å². The highest BCUT2D eigenvalue weighted by atomic mass is 16.5. The number of furan rings is 2. The van der Waals surface area contributed by atoms with Gasteiger partial charge in [-0.15, -0.1) is 0 Å². The Kier molecular flexibility index (Phi) is 2.88. The molecule has 0 radical (unpaired) electrons. The molecule has 0 fully saturated rings. The summed E-state index contributed by atoms with van der Waals surface area (Å²) in [7, 11) is -0.357. The lowest BCUT2D eigenvalue weighted by molar-refractivity contribution is 0.454. The molecule has 0 aliphatic carbocycles. The van der Waals surface area contributed by atoms with Crippen LogP contribution in [0.1, 0.15) is 0 Å². The topological polar surface area (TPSA) is 55.7 Å². The van der Waals surface area contributed by atoms with Crippen LogP contribution < -0.4 is 4.65 Å². The van der Waals surface area contributed by atoms with Gasteiger partial charge < -0.3 is 18.5 Å². The highest BCUT2D eigenvalue weighted by molar-refractivity contribution is 6.22. The maximum atomic E-state index is 9.03. The molecule has 6 aromatic rings. The van der Waals surface area contributed by atoms with E-state index in [4.69, 9.17) is 18.5 Å². The summed E-state index contributed by atoms with van der Waals surface area (Å²) in [5, 5.41) is 15.5. The minimum Gasteiger partial charge on any atom is -0.539 e. The largest absolute Gasteiger partial charge is 0.539 e. The third-order valence-electron chi connectivity index (χ3n) is 5.15. The molecule has 4 aromatic carbocycles. The van der Waals surface area contributed by atoms with Gasteiger partial charge in [0.15, 0.2) is 0 Å². The molecule has 4 nitrogen and oxygen atoms in total. The number of rotatable bonds is 2. The lowest BCUT2D eigenvalue weighted by Gasteiger charge is -2.00. The fraction of sp³-hybridized carbons (Fsp3) is 0. The second kappa shape index (κ2) is 5.28. The van der Waals surface area contributed by atoms with Gasteiger partial charge in [0.05, 0.1) is 0 Å². The third-order valence-corrected chi connectivity index (χ3v) is 5.15. The van der Waals surface area contributed by atoms with Crippen LogP contribution in [0.2, 0.25) is 0 Å². The van der Waals surface area contributed by atoms with Gasteiger partial charge in [0.1, 0.15) is 28.1 Å².